The molecule has 0 fully saturated rings. The molecule has 0 spiro atoms. The number of imide groups is 1. The molecular weight excluding hydrogens is 364 g/mol. The van der Waals surface area contributed by atoms with E-state index in [1.165, 1.54) is 6.08 Å². The normalized spacial score (nSPS) is 12.1. The third kappa shape index (κ3) is 5.96. The molecular formula is C17H19ClN2O6. The fourth-order valence-corrected chi connectivity index (χ4v) is 2.29. The van der Waals surface area contributed by atoms with Gasteiger partial charge < -0.3 is 19.5 Å². The number of fused-ring (bicyclic) bond motifs is 1. The molecule has 140 valence electrons. The molecule has 0 aliphatic carbocycles. The third-order valence-electron chi connectivity index (χ3n) is 3.28. The Bertz CT molecular complexity index is 719. The summed E-state index contributed by atoms with van der Waals surface area (Å²) in [5.41, 5.74) is 0.607. The number of unbranched alkanes of at least 4 members (excludes halogenated alkanes) is 1. The van der Waals surface area contributed by atoms with Crippen LogP contribution in [0.15, 0.2) is 18.2 Å². The van der Waals surface area contributed by atoms with E-state index in [1.807, 2.05) is 6.92 Å². The van der Waals surface area contributed by atoms with E-state index in [0.29, 0.717) is 28.6 Å². The Balaban J connectivity index is 1.76. The van der Waals surface area contributed by atoms with Crippen LogP contribution in [0, 0.1) is 0 Å². The molecule has 0 radical (unpaired) electrons. The third-order valence-corrected chi connectivity index (χ3v) is 3.56. The summed E-state index contributed by atoms with van der Waals surface area (Å²) in [6, 6.07) is 2.64. The number of ether oxygens (including phenoxy) is 3. The van der Waals surface area contributed by atoms with Crippen molar-refractivity contribution in [2.45, 2.75) is 19.8 Å². The molecule has 2 rings (SSSR count). The number of carbonyl (C=O) groups is 3. The number of urea groups is 1. The molecule has 1 heterocycles. The molecule has 0 saturated heterocycles. The van der Waals surface area contributed by atoms with E-state index in [2.05, 4.69) is 10.6 Å². The summed E-state index contributed by atoms with van der Waals surface area (Å²) in [6.45, 7) is 1.98. The van der Waals surface area contributed by atoms with Crippen LogP contribution < -0.4 is 20.1 Å². The lowest BCUT2D eigenvalue weighted by molar-refractivity contribution is -0.143. The van der Waals surface area contributed by atoms with Gasteiger partial charge >= 0.3 is 12.0 Å². The topological polar surface area (TPSA) is 103 Å². The van der Waals surface area contributed by atoms with Crippen molar-refractivity contribution in [1.82, 2.24) is 10.6 Å². The molecule has 26 heavy (non-hydrogen) atoms. The Kier molecular flexibility index (Phi) is 7.28. The lowest BCUT2D eigenvalue weighted by Crippen LogP contribution is -2.41. The smallest absolute Gasteiger partial charge is 0.331 e. The molecule has 2 N–H and O–H groups in total. The second-order valence-corrected chi connectivity index (χ2v) is 5.74. The molecule has 1 aromatic rings. The standard InChI is InChI=1S/C17H19ClN2O6/c1-2-3-6-19-17(23)20-14(21)9-24-15(22)5-4-11-7-12(18)16-13(8-11)25-10-26-16/h4-5,7-8H,2-3,6,9-10H2,1H3,(H2,19,20,21,23)/b5-4+. The number of rotatable bonds is 7. The van der Waals surface area contributed by atoms with Gasteiger partial charge in [-0.2, -0.15) is 0 Å². The van der Waals surface area contributed by atoms with Gasteiger partial charge in [-0.25, -0.2) is 9.59 Å². The van der Waals surface area contributed by atoms with Gasteiger partial charge in [0.1, 0.15) is 0 Å². The van der Waals surface area contributed by atoms with Crippen molar-refractivity contribution >= 4 is 35.6 Å². The number of carbonyl (C=O) groups excluding carboxylic acids is 3. The zero-order valence-corrected chi connectivity index (χ0v) is 14.9. The van der Waals surface area contributed by atoms with Gasteiger partial charge in [0.2, 0.25) is 6.79 Å². The Labute approximate surface area is 155 Å². The highest BCUT2D eigenvalue weighted by Crippen LogP contribution is 2.40. The van der Waals surface area contributed by atoms with Gasteiger partial charge in [0.15, 0.2) is 18.1 Å². The minimum atomic E-state index is -0.736. The van der Waals surface area contributed by atoms with Gasteiger partial charge in [0, 0.05) is 12.6 Å². The van der Waals surface area contributed by atoms with Crippen molar-refractivity contribution in [3.63, 3.8) is 0 Å². The van der Waals surface area contributed by atoms with Crippen molar-refractivity contribution < 1.29 is 28.6 Å². The Morgan fingerprint density at radius 1 is 1.31 bits per heavy atom. The van der Waals surface area contributed by atoms with Gasteiger partial charge in [0.05, 0.1) is 5.02 Å². The van der Waals surface area contributed by atoms with Crippen molar-refractivity contribution in [3.8, 4) is 11.5 Å². The van der Waals surface area contributed by atoms with E-state index in [4.69, 9.17) is 25.8 Å². The Morgan fingerprint density at radius 2 is 2.12 bits per heavy atom. The quantitative estimate of drug-likeness (QED) is 0.426. The number of amides is 3. The van der Waals surface area contributed by atoms with Crippen LogP contribution in [0.5, 0.6) is 11.5 Å². The van der Waals surface area contributed by atoms with Crippen LogP contribution in [0.3, 0.4) is 0 Å². The van der Waals surface area contributed by atoms with Gasteiger partial charge in [-0.15, -0.1) is 0 Å². The van der Waals surface area contributed by atoms with Gasteiger partial charge in [0.25, 0.3) is 5.91 Å². The average Bonchev–Trinajstić information content (AvgIpc) is 3.07. The molecule has 0 atom stereocenters. The van der Waals surface area contributed by atoms with Gasteiger partial charge in [-0.05, 0) is 30.2 Å². The second-order valence-electron chi connectivity index (χ2n) is 5.34. The minimum Gasteiger partial charge on any atom is -0.454 e. The SMILES string of the molecule is CCCCNC(=O)NC(=O)COC(=O)/C=C/c1cc(Cl)c2c(c1)OCO2. The summed E-state index contributed by atoms with van der Waals surface area (Å²) in [6.07, 6.45) is 4.34. The molecule has 0 bridgehead atoms. The van der Waals surface area contributed by atoms with E-state index in [0.717, 1.165) is 18.9 Å². The molecule has 0 unspecified atom stereocenters. The van der Waals surface area contributed by atoms with E-state index in [9.17, 15) is 14.4 Å². The maximum absolute atomic E-state index is 11.7. The molecule has 1 aliphatic rings. The summed E-state index contributed by atoms with van der Waals surface area (Å²) in [5, 5.41) is 4.94. The maximum atomic E-state index is 11.7. The van der Waals surface area contributed by atoms with Crippen LogP contribution in [-0.2, 0) is 14.3 Å². The molecule has 9 heteroatoms. The molecule has 8 nitrogen and oxygen atoms in total. The molecule has 0 saturated carbocycles. The number of esters is 1. The summed E-state index contributed by atoms with van der Waals surface area (Å²) in [5.74, 6) is -0.508. The first-order valence-corrected chi connectivity index (χ1v) is 8.39. The van der Waals surface area contributed by atoms with Crippen molar-refractivity contribution in [3.05, 3.63) is 28.8 Å². The van der Waals surface area contributed by atoms with E-state index < -0.39 is 24.5 Å². The number of halogens is 1. The van der Waals surface area contributed by atoms with E-state index in [1.54, 1.807) is 12.1 Å². The van der Waals surface area contributed by atoms with Crippen LogP contribution in [0.2, 0.25) is 5.02 Å². The average molecular weight is 383 g/mol. The zero-order chi connectivity index (χ0) is 18.9. The van der Waals surface area contributed by atoms with Crippen LogP contribution >= 0.6 is 11.6 Å². The van der Waals surface area contributed by atoms with Crippen LogP contribution in [0.25, 0.3) is 6.08 Å². The Morgan fingerprint density at radius 3 is 2.88 bits per heavy atom. The fraction of sp³-hybridized carbons (Fsp3) is 0.353. The predicted molar refractivity (Wildman–Crippen MR) is 94.0 cm³/mol. The van der Waals surface area contributed by atoms with Crippen LogP contribution in [0.4, 0.5) is 4.79 Å². The van der Waals surface area contributed by atoms with Crippen LogP contribution in [-0.4, -0.2) is 37.9 Å². The molecule has 3 amide bonds. The zero-order valence-electron chi connectivity index (χ0n) is 14.2. The lowest BCUT2D eigenvalue weighted by Gasteiger charge is -2.06. The van der Waals surface area contributed by atoms with E-state index in [-0.39, 0.29) is 6.79 Å². The number of hydrogen-bond donors (Lipinski definition) is 2. The first-order chi connectivity index (χ1) is 12.5. The number of benzene rings is 1. The lowest BCUT2D eigenvalue weighted by atomic mass is 10.2. The Hall–Kier alpha value is -2.74. The summed E-state index contributed by atoms with van der Waals surface area (Å²) >= 11 is 6.04. The molecule has 1 aromatic carbocycles. The highest BCUT2D eigenvalue weighted by atomic mass is 35.5. The monoisotopic (exact) mass is 382 g/mol. The first-order valence-electron chi connectivity index (χ1n) is 8.01. The molecule has 0 aromatic heterocycles. The largest absolute Gasteiger partial charge is 0.454 e. The van der Waals surface area contributed by atoms with Gasteiger partial charge in [-0.3, -0.25) is 10.1 Å². The van der Waals surface area contributed by atoms with E-state index >= 15 is 0 Å². The van der Waals surface area contributed by atoms with Crippen LogP contribution in [0.1, 0.15) is 25.3 Å². The van der Waals surface area contributed by atoms with Crippen molar-refractivity contribution in [1.29, 1.82) is 0 Å². The number of nitrogens with one attached hydrogen (secondary N) is 2. The van der Waals surface area contributed by atoms with Gasteiger partial charge in [-0.1, -0.05) is 24.9 Å². The predicted octanol–water partition coefficient (Wildman–Crippen LogP) is 2.25. The fourth-order valence-electron chi connectivity index (χ4n) is 2.02. The highest BCUT2D eigenvalue weighted by molar-refractivity contribution is 6.32. The summed E-state index contributed by atoms with van der Waals surface area (Å²) in [4.78, 5) is 34.6. The second kappa shape index (κ2) is 9.67. The first kappa shape index (κ1) is 19.6. The highest BCUT2D eigenvalue weighted by Gasteiger charge is 2.17. The van der Waals surface area contributed by atoms with Crippen molar-refractivity contribution in [2.75, 3.05) is 19.9 Å². The summed E-state index contributed by atoms with van der Waals surface area (Å²) in [7, 11) is 0. The maximum Gasteiger partial charge on any atom is 0.331 e. The van der Waals surface area contributed by atoms with Crippen molar-refractivity contribution in [2.24, 2.45) is 0 Å². The summed E-state index contributed by atoms with van der Waals surface area (Å²) < 4.78 is 15.2. The minimum absolute atomic E-state index is 0.0887. The number of hydrogen-bond acceptors (Lipinski definition) is 6. The molecule has 1 aliphatic heterocycles.